The molecule has 7 nitrogen and oxygen atoms in total. The molecule has 0 saturated heterocycles. The Morgan fingerprint density at radius 2 is 1.91 bits per heavy atom. The molecule has 0 aliphatic heterocycles. The minimum atomic E-state index is 0.344. The number of hydrogen-bond acceptors (Lipinski definition) is 7. The maximum Gasteiger partial charge on any atom is 0.261 e. The Labute approximate surface area is 126 Å². The van der Waals surface area contributed by atoms with Gasteiger partial charge in [0.2, 0.25) is 5.89 Å². The van der Waals surface area contributed by atoms with Crippen molar-refractivity contribution in [2.45, 2.75) is 13.3 Å². The minimum Gasteiger partial charge on any atom is -0.489 e. The van der Waals surface area contributed by atoms with Crippen LogP contribution in [0.15, 0.2) is 46.0 Å². The normalized spacial score (nSPS) is 10.6. The van der Waals surface area contributed by atoms with Crippen LogP contribution in [0.2, 0.25) is 0 Å². The third-order valence-corrected chi connectivity index (χ3v) is 2.83. The third-order valence-electron chi connectivity index (χ3n) is 2.83. The van der Waals surface area contributed by atoms with Gasteiger partial charge in [0.1, 0.15) is 12.4 Å². The Morgan fingerprint density at radius 3 is 2.68 bits per heavy atom. The largest absolute Gasteiger partial charge is 0.489 e. The molecular formula is C15H14N4O3. The van der Waals surface area contributed by atoms with E-state index in [2.05, 4.69) is 26.9 Å². The molecular weight excluding hydrogens is 284 g/mol. The van der Waals surface area contributed by atoms with Gasteiger partial charge in [0.05, 0.1) is 12.0 Å². The lowest BCUT2D eigenvalue weighted by atomic mass is 10.2. The number of nitrogens with zero attached hydrogens (tertiary/aromatic N) is 4. The molecule has 0 atom stereocenters. The number of hydrogen-bond donors (Lipinski definition) is 0. The molecule has 2 aromatic heterocycles. The Bertz CT molecular complexity index is 778. The first-order valence-electron chi connectivity index (χ1n) is 6.71. The van der Waals surface area contributed by atoms with Crippen LogP contribution in [0, 0.1) is 6.92 Å². The molecule has 0 aliphatic carbocycles. The Hall–Kier alpha value is -2.96. The van der Waals surface area contributed by atoms with Crippen LogP contribution < -0.4 is 4.74 Å². The molecule has 0 fully saturated rings. The number of rotatable bonds is 6. The zero-order valence-electron chi connectivity index (χ0n) is 12.0. The Kier molecular flexibility index (Phi) is 3.95. The second-order valence-corrected chi connectivity index (χ2v) is 4.52. The van der Waals surface area contributed by atoms with Crippen LogP contribution in [0.1, 0.15) is 17.5 Å². The van der Waals surface area contributed by atoms with E-state index in [9.17, 15) is 0 Å². The molecule has 22 heavy (non-hydrogen) atoms. The highest BCUT2D eigenvalue weighted by Crippen LogP contribution is 2.28. The van der Waals surface area contributed by atoms with Crippen LogP contribution in [0.4, 0.5) is 0 Å². The zero-order valence-corrected chi connectivity index (χ0v) is 12.0. The second kappa shape index (κ2) is 6.21. The highest BCUT2D eigenvalue weighted by atomic mass is 16.5. The molecule has 0 N–H and O–H groups in total. The van der Waals surface area contributed by atoms with Crippen molar-refractivity contribution in [2.75, 3.05) is 6.61 Å². The minimum absolute atomic E-state index is 0.344. The van der Waals surface area contributed by atoms with Crippen molar-refractivity contribution in [3.8, 4) is 17.2 Å². The smallest absolute Gasteiger partial charge is 0.261 e. The van der Waals surface area contributed by atoms with E-state index in [1.807, 2.05) is 24.3 Å². The summed E-state index contributed by atoms with van der Waals surface area (Å²) in [6.07, 6.45) is 2.02. The maximum absolute atomic E-state index is 5.59. The van der Waals surface area contributed by atoms with Gasteiger partial charge in [-0.3, -0.25) is 0 Å². The first kappa shape index (κ1) is 14.0. The van der Waals surface area contributed by atoms with Gasteiger partial charge in [-0.1, -0.05) is 35.1 Å². The van der Waals surface area contributed by atoms with E-state index in [1.54, 1.807) is 13.0 Å². The van der Waals surface area contributed by atoms with Crippen LogP contribution in [-0.4, -0.2) is 26.9 Å². The highest BCUT2D eigenvalue weighted by Gasteiger charge is 2.15. The summed E-state index contributed by atoms with van der Waals surface area (Å²) in [5, 5.41) is 7.74. The maximum atomic E-state index is 5.59. The zero-order chi connectivity index (χ0) is 15.4. The van der Waals surface area contributed by atoms with Gasteiger partial charge in [0, 0.05) is 6.92 Å². The van der Waals surface area contributed by atoms with Crippen molar-refractivity contribution < 1.29 is 13.8 Å². The van der Waals surface area contributed by atoms with Gasteiger partial charge in [-0.2, -0.15) is 9.97 Å². The van der Waals surface area contributed by atoms with Crippen molar-refractivity contribution >= 4 is 0 Å². The molecule has 3 aromatic rings. The highest BCUT2D eigenvalue weighted by molar-refractivity contribution is 5.62. The number of benzene rings is 1. The van der Waals surface area contributed by atoms with Crippen LogP contribution in [-0.2, 0) is 6.42 Å². The first-order chi connectivity index (χ1) is 10.8. The van der Waals surface area contributed by atoms with E-state index >= 15 is 0 Å². The molecule has 1 aromatic carbocycles. The molecule has 7 heteroatoms. The molecule has 0 bridgehead atoms. The van der Waals surface area contributed by atoms with Gasteiger partial charge in [-0.25, -0.2) is 0 Å². The number of aromatic nitrogens is 4. The van der Waals surface area contributed by atoms with E-state index in [0.717, 1.165) is 5.56 Å². The van der Waals surface area contributed by atoms with Crippen molar-refractivity contribution in [3.05, 3.63) is 54.5 Å². The van der Waals surface area contributed by atoms with Gasteiger partial charge >= 0.3 is 0 Å². The fraction of sp³-hybridized carbons (Fsp3) is 0.200. The predicted molar refractivity (Wildman–Crippen MR) is 77.3 cm³/mol. The van der Waals surface area contributed by atoms with Crippen LogP contribution >= 0.6 is 0 Å². The molecule has 2 heterocycles. The summed E-state index contributed by atoms with van der Waals surface area (Å²) < 4.78 is 15.8. The van der Waals surface area contributed by atoms with Gasteiger partial charge in [-0.05, 0) is 12.1 Å². The number of para-hydroxylation sites is 1. The fourth-order valence-electron chi connectivity index (χ4n) is 1.91. The number of aryl methyl sites for hydroxylation is 1. The summed E-state index contributed by atoms with van der Waals surface area (Å²) in [5.41, 5.74) is 0.729. The topological polar surface area (TPSA) is 87.1 Å². The quantitative estimate of drug-likeness (QED) is 0.646. The van der Waals surface area contributed by atoms with E-state index in [0.29, 0.717) is 42.2 Å². The Balaban J connectivity index is 1.83. The van der Waals surface area contributed by atoms with Crippen LogP contribution in [0.3, 0.4) is 0 Å². The van der Waals surface area contributed by atoms with Crippen molar-refractivity contribution in [1.29, 1.82) is 0 Å². The lowest BCUT2D eigenvalue weighted by Crippen LogP contribution is -1.95. The van der Waals surface area contributed by atoms with Gasteiger partial charge in [0.15, 0.2) is 11.6 Å². The van der Waals surface area contributed by atoms with Crippen molar-refractivity contribution in [1.82, 2.24) is 20.3 Å². The summed E-state index contributed by atoms with van der Waals surface area (Å²) in [7, 11) is 0. The monoisotopic (exact) mass is 298 g/mol. The van der Waals surface area contributed by atoms with E-state index in [-0.39, 0.29) is 0 Å². The van der Waals surface area contributed by atoms with Gasteiger partial charge in [-0.15, -0.1) is 0 Å². The standard InChI is InChI=1S/C15H14N4O3/c1-3-8-20-12-7-5-4-6-11(12)15-17-14(19-22-15)9-13-16-10(2)21-18-13/h3-7H,1,8-9H2,2H3. The average molecular weight is 298 g/mol. The summed E-state index contributed by atoms with van der Waals surface area (Å²) in [4.78, 5) is 8.46. The van der Waals surface area contributed by atoms with Crippen molar-refractivity contribution in [3.63, 3.8) is 0 Å². The molecule has 112 valence electrons. The first-order valence-corrected chi connectivity index (χ1v) is 6.71. The summed E-state index contributed by atoms with van der Waals surface area (Å²) in [6.45, 7) is 5.76. The van der Waals surface area contributed by atoms with E-state index < -0.39 is 0 Å². The van der Waals surface area contributed by atoms with Gasteiger partial charge in [0.25, 0.3) is 5.89 Å². The van der Waals surface area contributed by atoms with Crippen LogP contribution in [0.5, 0.6) is 5.75 Å². The van der Waals surface area contributed by atoms with Crippen molar-refractivity contribution in [2.24, 2.45) is 0 Å². The third kappa shape index (κ3) is 3.03. The van der Waals surface area contributed by atoms with Gasteiger partial charge < -0.3 is 13.8 Å². The SMILES string of the molecule is C=CCOc1ccccc1-c1nc(Cc2noc(C)n2)no1. The average Bonchev–Trinajstić information content (AvgIpc) is 3.15. The lowest BCUT2D eigenvalue weighted by molar-refractivity contribution is 0.361. The second-order valence-electron chi connectivity index (χ2n) is 4.52. The number of ether oxygens (including phenoxy) is 1. The predicted octanol–water partition coefficient (Wildman–Crippen LogP) is 2.58. The van der Waals surface area contributed by atoms with E-state index in [1.165, 1.54) is 0 Å². The molecule has 0 unspecified atom stereocenters. The van der Waals surface area contributed by atoms with E-state index in [4.69, 9.17) is 13.8 Å². The molecule has 0 aliphatic rings. The molecule has 0 saturated carbocycles. The fourth-order valence-corrected chi connectivity index (χ4v) is 1.91. The molecule has 0 amide bonds. The molecule has 3 rings (SSSR count). The Morgan fingerprint density at radius 1 is 1.14 bits per heavy atom. The summed E-state index contributed by atoms with van der Waals surface area (Å²) in [6, 6.07) is 7.45. The summed E-state index contributed by atoms with van der Waals surface area (Å²) in [5.74, 6) is 2.54. The summed E-state index contributed by atoms with van der Waals surface area (Å²) >= 11 is 0. The van der Waals surface area contributed by atoms with Crippen LogP contribution in [0.25, 0.3) is 11.5 Å². The molecule has 0 radical (unpaired) electrons. The lowest BCUT2D eigenvalue weighted by Gasteiger charge is -2.06. The molecule has 0 spiro atoms.